The Morgan fingerprint density at radius 3 is 2.58 bits per heavy atom. The van der Waals surface area contributed by atoms with Crippen molar-refractivity contribution in [1.29, 1.82) is 0 Å². The van der Waals surface area contributed by atoms with E-state index in [0.717, 1.165) is 32.7 Å². The highest BCUT2D eigenvalue weighted by Crippen LogP contribution is 2.14. The standard InChI is InChI=1S/C19H30N4O3/c1-3-4-8-21-9-11-22(12-10-21)19(25)17-15-23(13-14-26-17)18(24)16-6-5-7-20(16)2/h5-7,17H,3-4,8-15H2,1-2H3. The summed E-state index contributed by atoms with van der Waals surface area (Å²) < 4.78 is 7.52. The Morgan fingerprint density at radius 2 is 1.92 bits per heavy atom. The quantitative estimate of drug-likeness (QED) is 0.778. The predicted molar refractivity (Wildman–Crippen MR) is 99.0 cm³/mol. The highest BCUT2D eigenvalue weighted by molar-refractivity contribution is 5.93. The van der Waals surface area contributed by atoms with E-state index in [2.05, 4.69) is 11.8 Å². The molecule has 3 heterocycles. The molecule has 0 aliphatic carbocycles. The van der Waals surface area contributed by atoms with Gasteiger partial charge in [-0.3, -0.25) is 14.5 Å². The van der Waals surface area contributed by atoms with Gasteiger partial charge in [0.2, 0.25) is 0 Å². The molecule has 0 N–H and O–H groups in total. The third-order valence-corrected chi connectivity index (χ3v) is 5.30. The summed E-state index contributed by atoms with van der Waals surface area (Å²) >= 11 is 0. The zero-order valence-electron chi connectivity index (χ0n) is 15.9. The van der Waals surface area contributed by atoms with E-state index in [0.29, 0.717) is 25.4 Å². The molecule has 2 amide bonds. The van der Waals surface area contributed by atoms with E-state index >= 15 is 0 Å². The van der Waals surface area contributed by atoms with Gasteiger partial charge in [-0.15, -0.1) is 0 Å². The summed E-state index contributed by atoms with van der Waals surface area (Å²) in [5, 5.41) is 0. The summed E-state index contributed by atoms with van der Waals surface area (Å²) in [6, 6.07) is 3.67. The summed E-state index contributed by atoms with van der Waals surface area (Å²) in [7, 11) is 1.86. The number of rotatable bonds is 5. The van der Waals surface area contributed by atoms with Crippen molar-refractivity contribution in [3.05, 3.63) is 24.0 Å². The number of nitrogens with zero attached hydrogens (tertiary/aromatic N) is 4. The molecule has 26 heavy (non-hydrogen) atoms. The van der Waals surface area contributed by atoms with Crippen molar-refractivity contribution in [2.24, 2.45) is 7.05 Å². The second-order valence-corrected chi connectivity index (χ2v) is 7.14. The second-order valence-electron chi connectivity index (χ2n) is 7.14. The summed E-state index contributed by atoms with van der Waals surface area (Å²) in [4.78, 5) is 31.6. The summed E-state index contributed by atoms with van der Waals surface area (Å²) in [5.41, 5.74) is 0.641. The maximum atomic E-state index is 12.8. The molecule has 2 aliphatic rings. The van der Waals surface area contributed by atoms with Crippen molar-refractivity contribution in [1.82, 2.24) is 19.3 Å². The fourth-order valence-electron chi connectivity index (χ4n) is 3.61. The van der Waals surface area contributed by atoms with Crippen LogP contribution in [0.25, 0.3) is 0 Å². The molecule has 144 valence electrons. The molecule has 1 aromatic heterocycles. The van der Waals surface area contributed by atoms with Gasteiger partial charge in [0, 0.05) is 46.0 Å². The van der Waals surface area contributed by atoms with Crippen molar-refractivity contribution in [3.8, 4) is 0 Å². The third kappa shape index (κ3) is 4.27. The van der Waals surface area contributed by atoms with Crippen molar-refractivity contribution in [3.63, 3.8) is 0 Å². The van der Waals surface area contributed by atoms with E-state index in [-0.39, 0.29) is 11.8 Å². The van der Waals surface area contributed by atoms with Crippen molar-refractivity contribution in [2.75, 3.05) is 52.4 Å². The number of aryl methyl sites for hydroxylation is 1. The largest absolute Gasteiger partial charge is 0.365 e. The molecule has 3 rings (SSSR count). The minimum absolute atomic E-state index is 0.0181. The Balaban J connectivity index is 1.54. The lowest BCUT2D eigenvalue weighted by Gasteiger charge is -2.38. The van der Waals surface area contributed by atoms with Crippen molar-refractivity contribution >= 4 is 11.8 Å². The minimum Gasteiger partial charge on any atom is -0.365 e. The second kappa shape index (κ2) is 8.68. The number of piperazine rings is 1. The predicted octanol–water partition coefficient (Wildman–Crippen LogP) is 0.810. The van der Waals surface area contributed by atoms with Crippen LogP contribution in [0.1, 0.15) is 30.3 Å². The number of amides is 2. The first-order valence-corrected chi connectivity index (χ1v) is 9.63. The zero-order valence-corrected chi connectivity index (χ0v) is 15.9. The Kier molecular flexibility index (Phi) is 6.32. The number of aromatic nitrogens is 1. The lowest BCUT2D eigenvalue weighted by atomic mass is 10.2. The van der Waals surface area contributed by atoms with Crippen LogP contribution in [0.3, 0.4) is 0 Å². The molecule has 0 aromatic carbocycles. The molecule has 2 fully saturated rings. The fraction of sp³-hybridized carbons (Fsp3) is 0.684. The average molecular weight is 362 g/mol. The number of carbonyl (C=O) groups excluding carboxylic acids is 2. The Labute approximate surface area is 155 Å². The van der Waals surface area contributed by atoms with Crippen LogP contribution in [0, 0.1) is 0 Å². The van der Waals surface area contributed by atoms with E-state index in [1.54, 1.807) is 4.90 Å². The number of hydrogen-bond donors (Lipinski definition) is 0. The lowest BCUT2D eigenvalue weighted by Crippen LogP contribution is -2.56. The van der Waals surface area contributed by atoms with Gasteiger partial charge in [-0.05, 0) is 25.1 Å². The van der Waals surface area contributed by atoms with Crippen LogP contribution in [-0.2, 0) is 16.6 Å². The molecular formula is C19H30N4O3. The molecule has 7 heteroatoms. The van der Waals surface area contributed by atoms with Gasteiger partial charge in [-0.2, -0.15) is 0 Å². The maximum absolute atomic E-state index is 12.8. The summed E-state index contributed by atoms with van der Waals surface area (Å²) in [6.07, 6.45) is 3.71. The molecule has 1 unspecified atom stereocenters. The molecule has 1 aromatic rings. The van der Waals surface area contributed by atoms with Gasteiger partial charge >= 0.3 is 0 Å². The third-order valence-electron chi connectivity index (χ3n) is 5.30. The number of morpholine rings is 1. The van der Waals surface area contributed by atoms with Gasteiger partial charge in [-0.1, -0.05) is 13.3 Å². The maximum Gasteiger partial charge on any atom is 0.270 e. The lowest BCUT2D eigenvalue weighted by molar-refractivity contribution is -0.149. The fourth-order valence-corrected chi connectivity index (χ4v) is 3.61. The number of hydrogen-bond acceptors (Lipinski definition) is 4. The monoisotopic (exact) mass is 362 g/mol. The van der Waals surface area contributed by atoms with Crippen molar-refractivity contribution in [2.45, 2.75) is 25.9 Å². The molecule has 0 spiro atoms. The summed E-state index contributed by atoms with van der Waals surface area (Å²) in [5.74, 6) is -0.0208. The molecule has 0 bridgehead atoms. The first kappa shape index (κ1) is 18.9. The van der Waals surface area contributed by atoms with Crippen LogP contribution >= 0.6 is 0 Å². The summed E-state index contributed by atoms with van der Waals surface area (Å²) in [6.45, 7) is 7.90. The first-order valence-electron chi connectivity index (χ1n) is 9.63. The molecule has 7 nitrogen and oxygen atoms in total. The zero-order chi connectivity index (χ0) is 18.5. The molecule has 1 atom stereocenters. The smallest absolute Gasteiger partial charge is 0.270 e. The van der Waals surface area contributed by atoms with Crippen LogP contribution in [0.2, 0.25) is 0 Å². The van der Waals surface area contributed by atoms with E-state index in [1.165, 1.54) is 12.8 Å². The number of carbonyl (C=O) groups is 2. The normalized spacial score (nSPS) is 21.8. The first-order chi connectivity index (χ1) is 12.6. The van der Waals surface area contributed by atoms with E-state index < -0.39 is 6.10 Å². The Hall–Kier alpha value is -1.86. The average Bonchev–Trinajstić information content (AvgIpc) is 3.11. The van der Waals surface area contributed by atoms with Crippen LogP contribution in [0.4, 0.5) is 0 Å². The van der Waals surface area contributed by atoms with Crippen LogP contribution in [-0.4, -0.2) is 89.6 Å². The molecular weight excluding hydrogens is 332 g/mol. The van der Waals surface area contributed by atoms with E-state index in [4.69, 9.17) is 4.74 Å². The van der Waals surface area contributed by atoms with Gasteiger partial charge in [-0.25, -0.2) is 0 Å². The van der Waals surface area contributed by atoms with Gasteiger partial charge in [0.25, 0.3) is 11.8 Å². The highest BCUT2D eigenvalue weighted by atomic mass is 16.5. The Bertz CT molecular complexity index is 622. The van der Waals surface area contributed by atoms with Gasteiger partial charge in [0.1, 0.15) is 5.69 Å². The molecule has 2 saturated heterocycles. The molecule has 2 aliphatic heterocycles. The van der Waals surface area contributed by atoms with Crippen molar-refractivity contribution < 1.29 is 14.3 Å². The highest BCUT2D eigenvalue weighted by Gasteiger charge is 2.34. The van der Waals surface area contributed by atoms with Gasteiger partial charge in [0.05, 0.1) is 13.2 Å². The number of unbranched alkanes of at least 4 members (excludes halogenated alkanes) is 1. The topological polar surface area (TPSA) is 58.0 Å². The van der Waals surface area contributed by atoms with Gasteiger partial charge in [0.15, 0.2) is 6.10 Å². The molecule has 0 radical (unpaired) electrons. The van der Waals surface area contributed by atoms with Gasteiger partial charge < -0.3 is 19.1 Å². The Morgan fingerprint density at radius 1 is 1.15 bits per heavy atom. The minimum atomic E-state index is -0.546. The number of ether oxygens (including phenoxy) is 1. The SMILES string of the molecule is CCCCN1CCN(C(=O)C2CN(C(=O)c3cccn3C)CCO2)CC1. The van der Waals surface area contributed by atoms with Crippen LogP contribution in [0.5, 0.6) is 0 Å². The molecule has 0 saturated carbocycles. The van der Waals surface area contributed by atoms with E-state index in [1.807, 2.05) is 34.8 Å². The van der Waals surface area contributed by atoms with Crippen LogP contribution in [0.15, 0.2) is 18.3 Å². The van der Waals surface area contributed by atoms with E-state index in [9.17, 15) is 9.59 Å². The van der Waals surface area contributed by atoms with Crippen LogP contribution < -0.4 is 0 Å².